The van der Waals surface area contributed by atoms with Gasteiger partial charge >= 0.3 is 0 Å². The first-order valence-electron chi connectivity index (χ1n) is 12.2. The van der Waals surface area contributed by atoms with Crippen molar-refractivity contribution in [2.45, 2.75) is 13.1 Å². The van der Waals surface area contributed by atoms with Crippen molar-refractivity contribution in [3.8, 4) is 0 Å². The number of hydrogen-bond donors (Lipinski definition) is 1. The van der Waals surface area contributed by atoms with Crippen LogP contribution in [0.15, 0.2) is 103 Å². The lowest BCUT2D eigenvalue weighted by atomic mass is 10.1. The van der Waals surface area contributed by atoms with E-state index in [1.807, 2.05) is 12.4 Å². The zero-order valence-corrected chi connectivity index (χ0v) is 20.0. The van der Waals surface area contributed by atoms with Gasteiger partial charge in [-0.2, -0.15) is 0 Å². The molecule has 0 spiro atoms. The van der Waals surface area contributed by atoms with Gasteiger partial charge in [-0.15, -0.1) is 0 Å². The van der Waals surface area contributed by atoms with Crippen LogP contribution in [0.4, 0.5) is 5.82 Å². The number of aryl methyl sites for hydroxylation is 1. The Morgan fingerprint density at radius 2 is 1.28 bits per heavy atom. The maximum Gasteiger partial charge on any atom is 0.150 e. The van der Waals surface area contributed by atoms with E-state index >= 15 is 0 Å². The molecule has 7 aromatic rings. The maximum atomic E-state index is 4.80. The van der Waals surface area contributed by atoms with E-state index in [0.717, 1.165) is 29.1 Å². The molecule has 0 saturated carbocycles. The van der Waals surface area contributed by atoms with Crippen molar-refractivity contribution in [3.05, 3.63) is 115 Å². The highest BCUT2D eigenvalue weighted by atomic mass is 15.1. The number of hydrogen-bond acceptors (Lipinski definition) is 3. The number of aromatic nitrogens is 4. The van der Waals surface area contributed by atoms with Crippen LogP contribution in [0.2, 0.25) is 0 Å². The van der Waals surface area contributed by atoms with Crippen LogP contribution in [-0.4, -0.2) is 19.1 Å². The summed E-state index contributed by atoms with van der Waals surface area (Å²) in [4.78, 5) is 9.57. The number of nitrogens with one attached hydrogen (secondary N) is 1. The molecule has 0 fully saturated rings. The van der Waals surface area contributed by atoms with Crippen molar-refractivity contribution in [3.63, 3.8) is 0 Å². The molecule has 0 aliphatic rings. The van der Waals surface area contributed by atoms with E-state index in [1.165, 1.54) is 38.1 Å². The normalized spacial score (nSPS) is 11.7. The molecule has 0 saturated heterocycles. The van der Waals surface area contributed by atoms with Gasteiger partial charge in [-0.3, -0.25) is 4.98 Å². The van der Waals surface area contributed by atoms with Gasteiger partial charge < -0.3 is 14.5 Å². The van der Waals surface area contributed by atoms with E-state index in [9.17, 15) is 0 Å². The molecule has 174 valence electrons. The number of para-hydroxylation sites is 2. The zero-order chi connectivity index (χ0) is 24.1. The summed E-state index contributed by atoms with van der Waals surface area (Å²) in [6.45, 7) is 1.36. The Morgan fingerprint density at radius 1 is 0.639 bits per heavy atom. The summed E-state index contributed by atoms with van der Waals surface area (Å²) in [7, 11) is 2.12. The molecule has 5 nitrogen and oxygen atoms in total. The Kier molecular flexibility index (Phi) is 4.74. The van der Waals surface area contributed by atoms with Gasteiger partial charge in [0.2, 0.25) is 0 Å². The first-order valence-corrected chi connectivity index (χ1v) is 12.2. The Morgan fingerprint density at radius 3 is 2.08 bits per heavy atom. The number of fused-ring (bicyclic) bond motifs is 6. The summed E-state index contributed by atoms with van der Waals surface area (Å²) in [6.07, 6.45) is 3.81. The fourth-order valence-electron chi connectivity index (χ4n) is 5.56. The van der Waals surface area contributed by atoms with E-state index in [0.29, 0.717) is 6.54 Å². The molecule has 0 aliphatic heterocycles. The van der Waals surface area contributed by atoms with Gasteiger partial charge in [0, 0.05) is 58.6 Å². The van der Waals surface area contributed by atoms with Gasteiger partial charge in [0.1, 0.15) is 0 Å². The predicted octanol–water partition coefficient (Wildman–Crippen LogP) is 6.89. The first-order chi connectivity index (χ1) is 17.8. The molecular weight excluding hydrogens is 442 g/mol. The van der Waals surface area contributed by atoms with E-state index < -0.39 is 0 Å². The Labute approximate surface area is 208 Å². The van der Waals surface area contributed by atoms with Crippen molar-refractivity contribution in [1.82, 2.24) is 19.1 Å². The van der Waals surface area contributed by atoms with Gasteiger partial charge in [0.05, 0.1) is 23.3 Å². The SMILES string of the molecule is Cn1c2ccccc2c2ccnc(CNc3nccc4c5ccccc5n(Cc5ccccc5)c34)c21. The van der Waals surface area contributed by atoms with Crippen molar-refractivity contribution < 1.29 is 0 Å². The fraction of sp³-hybridized carbons (Fsp3) is 0.0968. The summed E-state index contributed by atoms with van der Waals surface area (Å²) in [5.41, 5.74) is 6.97. The second-order valence-corrected chi connectivity index (χ2v) is 9.23. The van der Waals surface area contributed by atoms with Crippen LogP contribution in [0, 0.1) is 0 Å². The minimum absolute atomic E-state index is 0.584. The number of rotatable bonds is 5. The molecular formula is C31H25N5. The second kappa shape index (κ2) is 8.24. The van der Waals surface area contributed by atoms with Gasteiger partial charge in [0.15, 0.2) is 5.82 Å². The van der Waals surface area contributed by atoms with E-state index in [4.69, 9.17) is 9.97 Å². The standard InChI is InChI=1S/C31H25N5/c1-35-27-13-7-5-11-22(27)24-15-17-32-26(29(24)35)19-34-31-30-25(16-18-33-31)23-12-6-8-14-28(23)36(30)20-21-9-3-2-4-10-21/h2-18H,19-20H2,1H3,(H,33,34). The predicted molar refractivity (Wildman–Crippen MR) is 148 cm³/mol. The van der Waals surface area contributed by atoms with E-state index in [1.54, 1.807) is 0 Å². The molecule has 0 amide bonds. The number of pyridine rings is 2. The molecule has 0 radical (unpaired) electrons. The van der Waals surface area contributed by atoms with Crippen LogP contribution in [0.5, 0.6) is 0 Å². The Balaban J connectivity index is 1.36. The largest absolute Gasteiger partial charge is 0.363 e. The van der Waals surface area contributed by atoms with Gasteiger partial charge in [-0.25, -0.2) is 4.98 Å². The lowest BCUT2D eigenvalue weighted by molar-refractivity contribution is 0.865. The van der Waals surface area contributed by atoms with Crippen molar-refractivity contribution >= 4 is 49.4 Å². The van der Waals surface area contributed by atoms with Crippen LogP contribution in [0.1, 0.15) is 11.3 Å². The van der Waals surface area contributed by atoms with Gasteiger partial charge in [-0.1, -0.05) is 66.7 Å². The quantitative estimate of drug-likeness (QED) is 0.300. The molecule has 0 atom stereocenters. The fourth-order valence-corrected chi connectivity index (χ4v) is 5.56. The van der Waals surface area contributed by atoms with E-state index in [-0.39, 0.29) is 0 Å². The third-order valence-electron chi connectivity index (χ3n) is 7.18. The highest BCUT2D eigenvalue weighted by Gasteiger charge is 2.17. The molecule has 0 aliphatic carbocycles. The molecule has 0 unspecified atom stereocenters. The Bertz CT molecular complexity index is 1880. The monoisotopic (exact) mass is 467 g/mol. The minimum Gasteiger partial charge on any atom is -0.363 e. The first kappa shape index (κ1) is 20.7. The molecule has 36 heavy (non-hydrogen) atoms. The van der Waals surface area contributed by atoms with Gasteiger partial charge in [-0.05, 0) is 29.8 Å². The minimum atomic E-state index is 0.584. The molecule has 1 N–H and O–H groups in total. The molecule has 0 bridgehead atoms. The van der Waals surface area contributed by atoms with Crippen molar-refractivity contribution in [1.29, 1.82) is 0 Å². The number of anilines is 1. The average molecular weight is 468 g/mol. The summed E-state index contributed by atoms with van der Waals surface area (Å²) < 4.78 is 4.62. The molecule has 4 aromatic heterocycles. The zero-order valence-electron chi connectivity index (χ0n) is 20.0. The molecule has 3 aromatic carbocycles. The maximum absolute atomic E-state index is 4.80. The number of benzene rings is 3. The third kappa shape index (κ3) is 3.17. The Hall–Kier alpha value is -4.64. The summed E-state index contributed by atoms with van der Waals surface area (Å²) in [5, 5.41) is 8.57. The molecule has 5 heteroatoms. The van der Waals surface area contributed by atoms with Crippen LogP contribution in [-0.2, 0) is 20.1 Å². The molecule has 4 heterocycles. The lowest BCUT2D eigenvalue weighted by Gasteiger charge is -2.13. The average Bonchev–Trinajstić information content (AvgIpc) is 3.41. The summed E-state index contributed by atoms with van der Waals surface area (Å²) >= 11 is 0. The topological polar surface area (TPSA) is 47.7 Å². The highest BCUT2D eigenvalue weighted by molar-refractivity contribution is 6.11. The third-order valence-corrected chi connectivity index (χ3v) is 7.18. The van der Waals surface area contributed by atoms with Crippen molar-refractivity contribution in [2.75, 3.05) is 5.32 Å². The van der Waals surface area contributed by atoms with Crippen LogP contribution in [0.3, 0.4) is 0 Å². The lowest BCUT2D eigenvalue weighted by Crippen LogP contribution is -2.08. The number of nitrogens with zero attached hydrogens (tertiary/aromatic N) is 4. The van der Waals surface area contributed by atoms with Crippen LogP contribution < -0.4 is 5.32 Å². The van der Waals surface area contributed by atoms with Crippen molar-refractivity contribution in [2.24, 2.45) is 7.05 Å². The molecule has 7 rings (SSSR count). The van der Waals surface area contributed by atoms with Crippen LogP contribution in [0.25, 0.3) is 43.6 Å². The smallest absolute Gasteiger partial charge is 0.150 e. The summed E-state index contributed by atoms with van der Waals surface area (Å²) in [6, 6.07) is 31.9. The van der Waals surface area contributed by atoms with Gasteiger partial charge in [0.25, 0.3) is 0 Å². The summed E-state index contributed by atoms with van der Waals surface area (Å²) in [5.74, 6) is 0.872. The highest BCUT2D eigenvalue weighted by Crippen LogP contribution is 2.34. The second-order valence-electron chi connectivity index (χ2n) is 9.23. The van der Waals surface area contributed by atoms with Crippen LogP contribution >= 0.6 is 0 Å². The van der Waals surface area contributed by atoms with E-state index in [2.05, 4.69) is 112 Å².